The van der Waals surface area contributed by atoms with Crippen LogP contribution in [0, 0.1) is 5.82 Å². The number of rotatable bonds is 5. The van der Waals surface area contributed by atoms with Crippen molar-refractivity contribution in [2.45, 2.75) is 38.1 Å². The van der Waals surface area contributed by atoms with Crippen molar-refractivity contribution < 1.29 is 14.3 Å². The maximum absolute atomic E-state index is 13.6. The number of carbonyl (C=O) groups is 1. The Bertz CT molecular complexity index is 430. The van der Waals surface area contributed by atoms with Crippen LogP contribution in [0.2, 0.25) is 0 Å². The summed E-state index contributed by atoms with van der Waals surface area (Å²) in [5.41, 5.74) is 0.424. The minimum atomic E-state index is -0.341. The highest BCUT2D eigenvalue weighted by atomic mass is 19.1. The predicted molar refractivity (Wildman–Crippen MR) is 71.2 cm³/mol. The summed E-state index contributed by atoms with van der Waals surface area (Å²) in [6.07, 6.45) is 4.30. The number of nitrogens with zero attached hydrogens (tertiary/aromatic N) is 1. The van der Waals surface area contributed by atoms with Crippen molar-refractivity contribution >= 4 is 5.91 Å². The Morgan fingerprint density at radius 1 is 1.32 bits per heavy atom. The van der Waals surface area contributed by atoms with Gasteiger partial charge in [-0.2, -0.15) is 0 Å². The lowest BCUT2D eigenvalue weighted by molar-refractivity contribution is -0.133. The highest BCUT2D eigenvalue weighted by Gasteiger charge is 2.26. The molecular weight excluding hydrogens is 245 g/mol. The summed E-state index contributed by atoms with van der Waals surface area (Å²) in [5.74, 6) is -0.433. The van der Waals surface area contributed by atoms with E-state index in [9.17, 15) is 9.18 Å². The Labute approximate surface area is 113 Å². The molecule has 19 heavy (non-hydrogen) atoms. The second kappa shape index (κ2) is 6.66. The van der Waals surface area contributed by atoms with E-state index in [4.69, 9.17) is 5.11 Å². The molecule has 0 heterocycles. The van der Waals surface area contributed by atoms with Crippen LogP contribution in [0.1, 0.15) is 31.2 Å². The van der Waals surface area contributed by atoms with E-state index in [2.05, 4.69) is 0 Å². The molecule has 0 atom stereocenters. The monoisotopic (exact) mass is 265 g/mol. The van der Waals surface area contributed by atoms with Crippen LogP contribution < -0.4 is 0 Å². The van der Waals surface area contributed by atoms with Crippen molar-refractivity contribution in [1.82, 2.24) is 4.90 Å². The van der Waals surface area contributed by atoms with E-state index in [1.807, 2.05) is 0 Å². The summed E-state index contributed by atoms with van der Waals surface area (Å²) < 4.78 is 13.6. The smallest absolute Gasteiger partial charge is 0.227 e. The highest BCUT2D eigenvalue weighted by molar-refractivity contribution is 5.79. The van der Waals surface area contributed by atoms with E-state index in [0.29, 0.717) is 12.1 Å². The molecule has 0 saturated heterocycles. The number of hydrogen-bond acceptors (Lipinski definition) is 2. The Balaban J connectivity index is 2.05. The van der Waals surface area contributed by atoms with Gasteiger partial charge < -0.3 is 10.0 Å². The normalized spacial score (nSPS) is 15.7. The molecule has 3 nitrogen and oxygen atoms in total. The summed E-state index contributed by atoms with van der Waals surface area (Å²) in [7, 11) is 0. The van der Waals surface area contributed by atoms with Gasteiger partial charge in [0.05, 0.1) is 13.0 Å². The molecule has 0 aliphatic heterocycles. The molecule has 1 saturated carbocycles. The van der Waals surface area contributed by atoms with Crippen LogP contribution in [0.3, 0.4) is 0 Å². The number of aliphatic hydroxyl groups is 1. The molecule has 0 unspecified atom stereocenters. The molecule has 1 aromatic carbocycles. The number of carbonyl (C=O) groups excluding carboxylic acids is 1. The van der Waals surface area contributed by atoms with E-state index >= 15 is 0 Å². The lowest BCUT2D eigenvalue weighted by Crippen LogP contribution is -2.41. The van der Waals surface area contributed by atoms with E-state index < -0.39 is 0 Å². The molecule has 0 bridgehead atoms. The van der Waals surface area contributed by atoms with Gasteiger partial charge in [0.1, 0.15) is 5.82 Å². The Hall–Kier alpha value is -1.42. The van der Waals surface area contributed by atoms with Gasteiger partial charge in [0.2, 0.25) is 5.91 Å². The van der Waals surface area contributed by atoms with Crippen LogP contribution in [-0.2, 0) is 11.2 Å². The van der Waals surface area contributed by atoms with Crippen molar-refractivity contribution in [3.63, 3.8) is 0 Å². The van der Waals surface area contributed by atoms with Gasteiger partial charge >= 0.3 is 0 Å². The first-order chi connectivity index (χ1) is 9.22. The zero-order valence-corrected chi connectivity index (χ0v) is 11.0. The van der Waals surface area contributed by atoms with Crippen molar-refractivity contribution in [3.8, 4) is 0 Å². The van der Waals surface area contributed by atoms with Gasteiger partial charge in [-0.15, -0.1) is 0 Å². The molecule has 1 amide bonds. The molecule has 0 radical (unpaired) electrons. The van der Waals surface area contributed by atoms with Crippen LogP contribution in [-0.4, -0.2) is 35.1 Å². The lowest BCUT2D eigenvalue weighted by atomic mass is 10.1. The quantitative estimate of drug-likeness (QED) is 0.886. The van der Waals surface area contributed by atoms with Gasteiger partial charge in [-0.25, -0.2) is 4.39 Å². The van der Waals surface area contributed by atoms with Gasteiger partial charge in [0.25, 0.3) is 0 Å². The van der Waals surface area contributed by atoms with E-state index in [-0.39, 0.29) is 30.8 Å². The summed E-state index contributed by atoms with van der Waals surface area (Å²) in [6.45, 7) is 0.303. The average Bonchev–Trinajstić information content (AvgIpc) is 2.92. The summed E-state index contributed by atoms with van der Waals surface area (Å²) >= 11 is 0. The second-order valence-corrected chi connectivity index (χ2v) is 5.02. The van der Waals surface area contributed by atoms with Gasteiger partial charge in [-0.3, -0.25) is 4.79 Å². The Morgan fingerprint density at radius 2 is 2.00 bits per heavy atom. The molecular formula is C15H20FNO2. The maximum atomic E-state index is 13.6. The zero-order chi connectivity index (χ0) is 13.7. The minimum absolute atomic E-state index is 0.0422. The summed E-state index contributed by atoms with van der Waals surface area (Å²) in [6, 6.07) is 6.57. The van der Waals surface area contributed by atoms with Crippen LogP contribution in [0.15, 0.2) is 24.3 Å². The third kappa shape index (κ3) is 3.53. The van der Waals surface area contributed by atoms with Crippen molar-refractivity contribution in [3.05, 3.63) is 35.6 Å². The van der Waals surface area contributed by atoms with Gasteiger partial charge in [-0.1, -0.05) is 31.0 Å². The number of aliphatic hydroxyl groups excluding tert-OH is 1. The second-order valence-electron chi connectivity index (χ2n) is 5.02. The van der Waals surface area contributed by atoms with Crippen molar-refractivity contribution in [2.75, 3.05) is 13.2 Å². The van der Waals surface area contributed by atoms with Crippen LogP contribution in [0.4, 0.5) is 4.39 Å². The van der Waals surface area contributed by atoms with E-state index in [1.165, 1.54) is 6.07 Å². The number of hydrogen-bond donors (Lipinski definition) is 1. The van der Waals surface area contributed by atoms with Crippen molar-refractivity contribution in [2.24, 2.45) is 0 Å². The molecule has 1 aliphatic carbocycles. The highest BCUT2D eigenvalue weighted by Crippen LogP contribution is 2.24. The molecule has 1 aliphatic rings. The summed E-state index contributed by atoms with van der Waals surface area (Å²) in [5, 5.41) is 9.10. The van der Waals surface area contributed by atoms with Gasteiger partial charge in [-0.05, 0) is 24.5 Å². The number of benzene rings is 1. The predicted octanol–water partition coefficient (Wildman–Crippen LogP) is 2.13. The molecule has 0 aromatic heterocycles. The minimum Gasteiger partial charge on any atom is -0.395 e. The van der Waals surface area contributed by atoms with Gasteiger partial charge in [0.15, 0.2) is 0 Å². The largest absolute Gasteiger partial charge is 0.395 e. The van der Waals surface area contributed by atoms with Crippen LogP contribution in [0.5, 0.6) is 0 Å². The van der Waals surface area contributed by atoms with Crippen molar-refractivity contribution in [1.29, 1.82) is 0 Å². The maximum Gasteiger partial charge on any atom is 0.227 e. The Kier molecular flexibility index (Phi) is 4.91. The average molecular weight is 265 g/mol. The zero-order valence-electron chi connectivity index (χ0n) is 11.0. The van der Waals surface area contributed by atoms with Gasteiger partial charge in [0, 0.05) is 12.6 Å². The molecule has 104 valence electrons. The summed E-state index contributed by atoms with van der Waals surface area (Å²) in [4.78, 5) is 14.0. The number of halogens is 1. The first-order valence-corrected chi connectivity index (χ1v) is 6.86. The first kappa shape index (κ1) is 14.0. The lowest BCUT2D eigenvalue weighted by Gasteiger charge is -2.28. The molecule has 1 fully saturated rings. The van der Waals surface area contributed by atoms with E-state index in [1.54, 1.807) is 23.1 Å². The number of amides is 1. The first-order valence-electron chi connectivity index (χ1n) is 6.86. The van der Waals surface area contributed by atoms with Crippen LogP contribution in [0.25, 0.3) is 0 Å². The third-order valence-electron chi connectivity index (χ3n) is 3.73. The van der Waals surface area contributed by atoms with E-state index in [0.717, 1.165) is 25.7 Å². The Morgan fingerprint density at radius 3 is 2.63 bits per heavy atom. The molecule has 1 aromatic rings. The SMILES string of the molecule is O=C(Cc1ccccc1F)N(CCO)C1CCCC1. The third-order valence-corrected chi connectivity index (χ3v) is 3.73. The fourth-order valence-corrected chi connectivity index (χ4v) is 2.74. The topological polar surface area (TPSA) is 40.5 Å². The molecule has 1 N–H and O–H groups in total. The fraction of sp³-hybridized carbons (Fsp3) is 0.533. The molecule has 4 heteroatoms. The standard InChI is InChI=1S/C15H20FNO2/c16-14-8-4-1-5-12(14)11-15(19)17(9-10-18)13-6-2-3-7-13/h1,4-5,8,13,18H,2-3,6-7,9-11H2. The molecule has 2 rings (SSSR count). The molecule has 0 spiro atoms. The fourth-order valence-electron chi connectivity index (χ4n) is 2.74. The van der Waals surface area contributed by atoms with Crippen LogP contribution >= 0.6 is 0 Å².